The highest BCUT2D eigenvalue weighted by Gasteiger charge is 2.13. The third-order valence-corrected chi connectivity index (χ3v) is 2.92. The molecular weight excluding hydrogens is 217 g/mol. The van der Waals surface area contributed by atoms with Crippen molar-refractivity contribution in [1.29, 1.82) is 0 Å². The van der Waals surface area contributed by atoms with Gasteiger partial charge < -0.3 is 5.32 Å². The van der Waals surface area contributed by atoms with Crippen LogP contribution in [0.3, 0.4) is 0 Å². The molecule has 2 heterocycles. The molecule has 0 fully saturated rings. The summed E-state index contributed by atoms with van der Waals surface area (Å²) in [5, 5.41) is 3.26. The minimum Gasteiger partial charge on any atom is -0.312 e. The largest absolute Gasteiger partial charge is 0.312 e. The van der Waals surface area contributed by atoms with Crippen LogP contribution >= 0.6 is 0 Å². The number of rotatable bonds is 1. The lowest BCUT2D eigenvalue weighted by Crippen LogP contribution is -2.25. The van der Waals surface area contributed by atoms with Crippen LogP contribution in [0.2, 0.25) is 0 Å². The molecule has 0 atom stereocenters. The molecule has 0 amide bonds. The van der Waals surface area contributed by atoms with Gasteiger partial charge in [-0.3, -0.25) is 0 Å². The van der Waals surface area contributed by atoms with E-state index in [1.165, 1.54) is 6.07 Å². The first-order valence-electron chi connectivity index (χ1n) is 5.65. The van der Waals surface area contributed by atoms with Crippen LogP contribution in [0.4, 0.5) is 4.39 Å². The van der Waals surface area contributed by atoms with Gasteiger partial charge in [0.2, 0.25) is 0 Å². The van der Waals surface area contributed by atoms with Crippen molar-refractivity contribution in [1.82, 2.24) is 15.3 Å². The first kappa shape index (κ1) is 10.4. The SMILES string of the molecule is Fc1ccccc1-c1ncc2c(n1)CCNC2. The van der Waals surface area contributed by atoms with E-state index in [4.69, 9.17) is 0 Å². The molecule has 2 aromatic rings. The van der Waals surface area contributed by atoms with E-state index >= 15 is 0 Å². The summed E-state index contributed by atoms with van der Waals surface area (Å²) in [6, 6.07) is 6.60. The Balaban J connectivity index is 2.07. The summed E-state index contributed by atoms with van der Waals surface area (Å²) in [6.07, 6.45) is 2.66. The van der Waals surface area contributed by atoms with Crippen LogP contribution in [0.25, 0.3) is 11.4 Å². The third kappa shape index (κ3) is 1.91. The molecular formula is C13H12FN3. The first-order valence-corrected chi connectivity index (χ1v) is 5.65. The van der Waals surface area contributed by atoms with Crippen LogP contribution in [0.5, 0.6) is 0 Å². The Bertz CT molecular complexity index is 554. The van der Waals surface area contributed by atoms with E-state index in [-0.39, 0.29) is 5.82 Å². The van der Waals surface area contributed by atoms with E-state index in [2.05, 4.69) is 15.3 Å². The summed E-state index contributed by atoms with van der Waals surface area (Å²) < 4.78 is 13.6. The molecule has 1 aromatic carbocycles. The molecule has 0 unspecified atom stereocenters. The zero-order valence-electron chi connectivity index (χ0n) is 9.28. The van der Waals surface area contributed by atoms with Crippen molar-refractivity contribution >= 4 is 0 Å². The van der Waals surface area contributed by atoms with Crippen LogP contribution in [0.1, 0.15) is 11.3 Å². The molecule has 1 aliphatic rings. The molecule has 86 valence electrons. The fourth-order valence-electron chi connectivity index (χ4n) is 2.01. The fourth-order valence-corrected chi connectivity index (χ4v) is 2.01. The summed E-state index contributed by atoms with van der Waals surface area (Å²) in [5.41, 5.74) is 2.60. The van der Waals surface area contributed by atoms with Gasteiger partial charge in [-0.25, -0.2) is 14.4 Å². The lowest BCUT2D eigenvalue weighted by Gasteiger charge is -2.16. The monoisotopic (exact) mass is 229 g/mol. The van der Waals surface area contributed by atoms with Gasteiger partial charge in [0.15, 0.2) is 5.82 Å². The molecule has 0 saturated carbocycles. The van der Waals surface area contributed by atoms with Gasteiger partial charge in [0.1, 0.15) is 5.82 Å². The van der Waals surface area contributed by atoms with E-state index in [1.54, 1.807) is 24.4 Å². The molecule has 3 rings (SSSR count). The number of hydrogen-bond donors (Lipinski definition) is 1. The van der Waals surface area contributed by atoms with Gasteiger partial charge in [0, 0.05) is 31.3 Å². The fraction of sp³-hybridized carbons (Fsp3) is 0.231. The highest BCUT2D eigenvalue weighted by Crippen LogP contribution is 2.20. The number of hydrogen-bond acceptors (Lipinski definition) is 3. The predicted molar refractivity (Wildman–Crippen MR) is 62.8 cm³/mol. The van der Waals surface area contributed by atoms with Crippen LogP contribution in [-0.4, -0.2) is 16.5 Å². The van der Waals surface area contributed by atoms with Gasteiger partial charge in [-0.1, -0.05) is 12.1 Å². The molecule has 0 saturated heterocycles. The lowest BCUT2D eigenvalue weighted by molar-refractivity contribution is 0.620. The van der Waals surface area contributed by atoms with Crippen molar-refractivity contribution in [2.45, 2.75) is 13.0 Å². The molecule has 1 aliphatic heterocycles. The minimum atomic E-state index is -0.276. The standard InChI is InChI=1S/C13H12FN3/c14-11-4-2-1-3-10(11)13-16-8-9-7-15-6-5-12(9)17-13/h1-4,8,15H,5-7H2. The Morgan fingerprint density at radius 3 is 3.00 bits per heavy atom. The average molecular weight is 229 g/mol. The van der Waals surface area contributed by atoms with E-state index in [0.29, 0.717) is 11.4 Å². The Morgan fingerprint density at radius 1 is 1.24 bits per heavy atom. The van der Waals surface area contributed by atoms with Crippen LogP contribution in [0.15, 0.2) is 30.5 Å². The number of nitrogens with zero attached hydrogens (tertiary/aromatic N) is 2. The minimum absolute atomic E-state index is 0.276. The second-order valence-electron chi connectivity index (χ2n) is 4.07. The molecule has 1 N–H and O–H groups in total. The van der Waals surface area contributed by atoms with E-state index in [9.17, 15) is 4.39 Å². The maximum Gasteiger partial charge on any atom is 0.162 e. The van der Waals surface area contributed by atoms with Gasteiger partial charge in [-0.05, 0) is 12.1 Å². The van der Waals surface area contributed by atoms with Crippen LogP contribution in [0, 0.1) is 5.82 Å². The molecule has 3 nitrogen and oxygen atoms in total. The summed E-state index contributed by atoms with van der Waals surface area (Å²) in [6.45, 7) is 1.72. The summed E-state index contributed by atoms with van der Waals surface area (Å²) >= 11 is 0. The third-order valence-electron chi connectivity index (χ3n) is 2.92. The normalized spacial score (nSPS) is 14.4. The smallest absolute Gasteiger partial charge is 0.162 e. The molecule has 0 bridgehead atoms. The van der Waals surface area contributed by atoms with Gasteiger partial charge in [-0.15, -0.1) is 0 Å². The molecule has 4 heteroatoms. The van der Waals surface area contributed by atoms with Crippen molar-refractivity contribution in [2.75, 3.05) is 6.54 Å². The van der Waals surface area contributed by atoms with Crippen molar-refractivity contribution in [3.05, 3.63) is 47.5 Å². The van der Waals surface area contributed by atoms with Crippen molar-refractivity contribution in [3.8, 4) is 11.4 Å². The Labute approximate surface area is 98.7 Å². The topological polar surface area (TPSA) is 37.8 Å². The zero-order chi connectivity index (χ0) is 11.7. The lowest BCUT2D eigenvalue weighted by atomic mass is 10.1. The van der Waals surface area contributed by atoms with Gasteiger partial charge >= 0.3 is 0 Å². The number of aromatic nitrogens is 2. The molecule has 1 aromatic heterocycles. The van der Waals surface area contributed by atoms with Crippen LogP contribution < -0.4 is 5.32 Å². The molecule has 0 aliphatic carbocycles. The maximum atomic E-state index is 13.6. The second-order valence-corrected chi connectivity index (χ2v) is 4.07. The summed E-state index contributed by atoms with van der Waals surface area (Å²) in [4.78, 5) is 8.69. The highest BCUT2D eigenvalue weighted by atomic mass is 19.1. The quantitative estimate of drug-likeness (QED) is 0.812. The van der Waals surface area contributed by atoms with Crippen molar-refractivity contribution in [3.63, 3.8) is 0 Å². The maximum absolute atomic E-state index is 13.6. The second kappa shape index (κ2) is 4.22. The number of halogens is 1. The van der Waals surface area contributed by atoms with E-state index < -0.39 is 0 Å². The zero-order valence-corrected chi connectivity index (χ0v) is 9.28. The van der Waals surface area contributed by atoms with Gasteiger partial charge in [0.05, 0.1) is 11.3 Å². The Kier molecular flexibility index (Phi) is 2.57. The average Bonchev–Trinajstić information content (AvgIpc) is 2.39. The number of nitrogens with one attached hydrogen (secondary N) is 1. The Hall–Kier alpha value is -1.81. The summed E-state index contributed by atoms with van der Waals surface area (Å²) in [5.74, 6) is 0.199. The number of fused-ring (bicyclic) bond motifs is 1. The summed E-state index contributed by atoms with van der Waals surface area (Å²) in [7, 11) is 0. The predicted octanol–water partition coefficient (Wildman–Crippen LogP) is 1.93. The van der Waals surface area contributed by atoms with Crippen molar-refractivity contribution < 1.29 is 4.39 Å². The van der Waals surface area contributed by atoms with Gasteiger partial charge in [0.25, 0.3) is 0 Å². The highest BCUT2D eigenvalue weighted by molar-refractivity contribution is 5.55. The molecule has 0 spiro atoms. The van der Waals surface area contributed by atoms with Gasteiger partial charge in [-0.2, -0.15) is 0 Å². The number of benzene rings is 1. The van der Waals surface area contributed by atoms with E-state index in [0.717, 1.165) is 30.8 Å². The molecule has 0 radical (unpaired) electrons. The molecule has 17 heavy (non-hydrogen) atoms. The van der Waals surface area contributed by atoms with Crippen molar-refractivity contribution in [2.24, 2.45) is 0 Å². The van der Waals surface area contributed by atoms with Crippen LogP contribution in [-0.2, 0) is 13.0 Å². The first-order chi connectivity index (χ1) is 8.34. The Morgan fingerprint density at radius 2 is 2.12 bits per heavy atom. The van der Waals surface area contributed by atoms with E-state index in [1.807, 2.05) is 0 Å².